The van der Waals surface area contributed by atoms with Gasteiger partial charge in [0.1, 0.15) is 0 Å². The van der Waals surface area contributed by atoms with Gasteiger partial charge in [-0.2, -0.15) is 0 Å². The lowest BCUT2D eigenvalue weighted by Gasteiger charge is -2.09. The minimum absolute atomic E-state index is 0. The summed E-state index contributed by atoms with van der Waals surface area (Å²) < 4.78 is 0. The summed E-state index contributed by atoms with van der Waals surface area (Å²) >= 11 is 0. The Morgan fingerprint density at radius 1 is 1.30 bits per heavy atom. The highest BCUT2D eigenvalue weighted by molar-refractivity contribution is 5.94. The van der Waals surface area contributed by atoms with Crippen molar-refractivity contribution in [1.82, 2.24) is 5.32 Å². The van der Waals surface area contributed by atoms with Gasteiger partial charge < -0.3 is 16.4 Å². The number of rotatable bonds is 5. The van der Waals surface area contributed by atoms with E-state index in [0.717, 1.165) is 25.9 Å². The van der Waals surface area contributed by atoms with Crippen LogP contribution in [0.1, 0.15) is 29.6 Å². The van der Waals surface area contributed by atoms with Gasteiger partial charge in [-0.05, 0) is 56.1 Å². The summed E-state index contributed by atoms with van der Waals surface area (Å²) in [7, 11) is 0. The lowest BCUT2D eigenvalue weighted by molar-refractivity contribution is -0.116. The molecule has 0 saturated carbocycles. The van der Waals surface area contributed by atoms with Gasteiger partial charge in [0.05, 0.1) is 0 Å². The topological polar surface area (TPSA) is 84.2 Å². The first kappa shape index (κ1) is 16.5. The van der Waals surface area contributed by atoms with E-state index in [4.69, 9.17) is 5.73 Å². The third kappa shape index (κ3) is 4.83. The number of carbonyl (C=O) groups is 2. The van der Waals surface area contributed by atoms with Crippen molar-refractivity contribution < 1.29 is 9.59 Å². The van der Waals surface area contributed by atoms with E-state index in [2.05, 4.69) is 10.6 Å². The lowest BCUT2D eigenvalue weighted by Crippen LogP contribution is -2.15. The van der Waals surface area contributed by atoms with Crippen molar-refractivity contribution in [1.29, 1.82) is 0 Å². The number of nitrogens with one attached hydrogen (secondary N) is 2. The van der Waals surface area contributed by atoms with Crippen LogP contribution < -0.4 is 16.4 Å². The summed E-state index contributed by atoms with van der Waals surface area (Å²) in [6, 6.07) is 6.60. The predicted molar refractivity (Wildman–Crippen MR) is 81.0 cm³/mol. The average Bonchev–Trinajstić information content (AvgIpc) is 2.90. The van der Waals surface area contributed by atoms with Crippen LogP contribution in [0.5, 0.6) is 0 Å². The molecule has 0 bridgehead atoms. The van der Waals surface area contributed by atoms with Crippen LogP contribution in [0.3, 0.4) is 0 Å². The van der Waals surface area contributed by atoms with Crippen LogP contribution in [0.4, 0.5) is 5.69 Å². The van der Waals surface area contributed by atoms with Gasteiger partial charge in [0.15, 0.2) is 0 Å². The Morgan fingerprint density at radius 2 is 2.00 bits per heavy atom. The van der Waals surface area contributed by atoms with Crippen molar-refractivity contribution in [3.05, 3.63) is 29.8 Å². The Kier molecular flexibility index (Phi) is 6.48. The highest BCUT2D eigenvalue weighted by Crippen LogP contribution is 2.15. The van der Waals surface area contributed by atoms with Gasteiger partial charge in [-0.25, -0.2) is 0 Å². The summed E-state index contributed by atoms with van der Waals surface area (Å²) in [6.45, 7) is 2.07. The molecule has 20 heavy (non-hydrogen) atoms. The Bertz CT molecular complexity index is 456. The fraction of sp³-hybridized carbons (Fsp3) is 0.429. The van der Waals surface area contributed by atoms with Crippen molar-refractivity contribution in [3.63, 3.8) is 0 Å². The Morgan fingerprint density at radius 3 is 2.55 bits per heavy atom. The molecule has 6 heteroatoms. The molecule has 1 unspecified atom stereocenters. The fourth-order valence-electron chi connectivity index (χ4n) is 2.24. The first-order valence-corrected chi connectivity index (χ1v) is 6.55. The van der Waals surface area contributed by atoms with Crippen molar-refractivity contribution in [3.8, 4) is 0 Å². The maximum absolute atomic E-state index is 11.8. The van der Waals surface area contributed by atoms with Crippen LogP contribution in [0.2, 0.25) is 0 Å². The molecule has 0 aliphatic carbocycles. The summed E-state index contributed by atoms with van der Waals surface area (Å²) in [5.74, 6) is 0.160. The van der Waals surface area contributed by atoms with Crippen LogP contribution in [-0.2, 0) is 4.79 Å². The molecule has 110 valence electrons. The van der Waals surface area contributed by atoms with Gasteiger partial charge in [0.2, 0.25) is 11.8 Å². The van der Waals surface area contributed by atoms with Gasteiger partial charge in [-0.3, -0.25) is 9.59 Å². The molecular weight excluding hydrogens is 278 g/mol. The second-order valence-corrected chi connectivity index (χ2v) is 4.89. The van der Waals surface area contributed by atoms with Gasteiger partial charge in [0, 0.05) is 17.7 Å². The molecule has 1 heterocycles. The predicted octanol–water partition coefficient (Wildman–Crippen LogP) is 1.54. The third-order valence-electron chi connectivity index (χ3n) is 3.40. The van der Waals surface area contributed by atoms with Crippen molar-refractivity contribution in [2.24, 2.45) is 11.7 Å². The van der Waals surface area contributed by atoms with E-state index in [9.17, 15) is 9.59 Å². The highest BCUT2D eigenvalue weighted by Gasteiger charge is 2.15. The molecule has 1 aliphatic rings. The standard InChI is InChI=1S/C14H19N3O2.ClH/c15-14(19)11-2-4-12(5-3-11)17-13(18)6-1-10-7-8-16-9-10;/h2-5,10,16H,1,6-9H2,(H2,15,19)(H,17,18);1H. The van der Waals surface area contributed by atoms with E-state index >= 15 is 0 Å². The van der Waals surface area contributed by atoms with Crippen LogP contribution in [0.15, 0.2) is 24.3 Å². The van der Waals surface area contributed by atoms with Crippen LogP contribution in [0.25, 0.3) is 0 Å². The molecular formula is C14H20ClN3O2. The molecule has 2 rings (SSSR count). The van der Waals surface area contributed by atoms with Crippen molar-refractivity contribution >= 4 is 29.9 Å². The zero-order valence-corrected chi connectivity index (χ0v) is 12.0. The molecule has 5 nitrogen and oxygen atoms in total. The van der Waals surface area contributed by atoms with Crippen molar-refractivity contribution in [2.75, 3.05) is 18.4 Å². The number of nitrogens with two attached hydrogens (primary N) is 1. The summed E-state index contributed by atoms with van der Waals surface area (Å²) in [5, 5.41) is 6.11. The Hall–Kier alpha value is -1.59. The maximum atomic E-state index is 11.8. The number of halogens is 1. The minimum Gasteiger partial charge on any atom is -0.366 e. The SMILES string of the molecule is Cl.NC(=O)c1ccc(NC(=O)CCC2CCNC2)cc1. The molecule has 0 radical (unpaired) electrons. The zero-order chi connectivity index (χ0) is 13.7. The van der Waals surface area contributed by atoms with Crippen molar-refractivity contribution in [2.45, 2.75) is 19.3 Å². The summed E-state index contributed by atoms with van der Waals surface area (Å²) in [4.78, 5) is 22.7. The molecule has 0 spiro atoms. The fourth-order valence-corrected chi connectivity index (χ4v) is 2.24. The van der Waals surface area contributed by atoms with Crippen LogP contribution in [0, 0.1) is 5.92 Å². The number of benzene rings is 1. The van der Waals surface area contributed by atoms with E-state index in [1.807, 2.05) is 0 Å². The molecule has 1 fully saturated rings. The van der Waals surface area contributed by atoms with E-state index in [0.29, 0.717) is 23.6 Å². The number of primary amides is 1. The second-order valence-electron chi connectivity index (χ2n) is 4.89. The maximum Gasteiger partial charge on any atom is 0.248 e. The molecule has 4 N–H and O–H groups in total. The van der Waals surface area contributed by atoms with E-state index in [1.165, 1.54) is 0 Å². The number of hydrogen-bond acceptors (Lipinski definition) is 3. The smallest absolute Gasteiger partial charge is 0.248 e. The van der Waals surface area contributed by atoms with E-state index < -0.39 is 5.91 Å². The molecule has 1 saturated heterocycles. The molecule has 1 atom stereocenters. The normalized spacial score (nSPS) is 17.3. The highest BCUT2D eigenvalue weighted by atomic mass is 35.5. The van der Waals surface area contributed by atoms with Crippen LogP contribution in [-0.4, -0.2) is 24.9 Å². The number of carbonyl (C=O) groups excluding carboxylic acids is 2. The van der Waals surface area contributed by atoms with Gasteiger partial charge in [0.25, 0.3) is 0 Å². The molecule has 1 aromatic carbocycles. The first-order chi connectivity index (χ1) is 9.15. The third-order valence-corrected chi connectivity index (χ3v) is 3.40. The molecule has 2 amide bonds. The first-order valence-electron chi connectivity index (χ1n) is 6.55. The largest absolute Gasteiger partial charge is 0.366 e. The number of hydrogen-bond donors (Lipinski definition) is 3. The number of amides is 2. The van der Waals surface area contributed by atoms with E-state index in [1.54, 1.807) is 24.3 Å². The quantitative estimate of drug-likeness (QED) is 0.771. The number of anilines is 1. The molecule has 1 aliphatic heterocycles. The average molecular weight is 298 g/mol. The van der Waals surface area contributed by atoms with Gasteiger partial charge >= 0.3 is 0 Å². The second kappa shape index (κ2) is 7.87. The van der Waals surface area contributed by atoms with Gasteiger partial charge in [-0.15, -0.1) is 12.4 Å². The van der Waals surface area contributed by atoms with Crippen LogP contribution >= 0.6 is 12.4 Å². The summed E-state index contributed by atoms with van der Waals surface area (Å²) in [5.41, 5.74) is 6.28. The van der Waals surface area contributed by atoms with E-state index in [-0.39, 0.29) is 18.3 Å². The van der Waals surface area contributed by atoms with Gasteiger partial charge in [-0.1, -0.05) is 0 Å². The zero-order valence-electron chi connectivity index (χ0n) is 11.2. The minimum atomic E-state index is -0.466. The monoisotopic (exact) mass is 297 g/mol. The molecule has 0 aromatic heterocycles. The molecule has 1 aromatic rings. The summed E-state index contributed by atoms with van der Waals surface area (Å²) in [6.07, 6.45) is 2.60. The Labute approximate surface area is 124 Å². The Balaban J connectivity index is 0.00000200. The lowest BCUT2D eigenvalue weighted by atomic mass is 10.0.